The second kappa shape index (κ2) is 8.75. The van der Waals surface area contributed by atoms with E-state index < -0.39 is 23.5 Å². The standard InChI is InChI=1S/C20H26BN3O6S/c1-31(28,29)23-20(26)22-19-16-4-2-3-13(16)5-6-17(19)14-8-10-24(18(25)11-14)15-7-9-21(27)30-12-15/h5-6,8,10-11,15,20,22-23,26-27H,2-4,7,9,12H2,1H3. The lowest BCUT2D eigenvalue weighted by Gasteiger charge is -2.26. The summed E-state index contributed by atoms with van der Waals surface area (Å²) in [5.74, 6) is 0. The summed E-state index contributed by atoms with van der Waals surface area (Å²) in [6.07, 6.45) is 5.00. The third kappa shape index (κ3) is 5.02. The van der Waals surface area contributed by atoms with Crippen molar-refractivity contribution in [2.75, 3.05) is 18.2 Å². The lowest BCUT2D eigenvalue weighted by molar-refractivity contribution is 0.178. The molecule has 2 atom stereocenters. The quantitative estimate of drug-likeness (QED) is 0.379. The number of aryl methyl sites for hydroxylation is 1. The number of aromatic nitrogens is 1. The van der Waals surface area contributed by atoms with Crippen LogP contribution in [0.1, 0.15) is 30.0 Å². The summed E-state index contributed by atoms with van der Waals surface area (Å²) in [5, 5.41) is 22.6. The fourth-order valence-corrected chi connectivity index (χ4v) is 4.81. The van der Waals surface area contributed by atoms with Crippen molar-refractivity contribution in [1.29, 1.82) is 0 Å². The summed E-state index contributed by atoms with van der Waals surface area (Å²) in [7, 11) is -4.39. The fourth-order valence-electron chi connectivity index (χ4n) is 4.34. The van der Waals surface area contributed by atoms with E-state index in [0.717, 1.165) is 42.2 Å². The fraction of sp³-hybridized carbons (Fsp3) is 0.450. The Morgan fingerprint density at radius 2 is 2.10 bits per heavy atom. The Labute approximate surface area is 181 Å². The molecule has 0 saturated carbocycles. The van der Waals surface area contributed by atoms with Crippen LogP contribution in [0.25, 0.3) is 11.1 Å². The number of sulfonamides is 1. The van der Waals surface area contributed by atoms with Crippen LogP contribution in [-0.2, 0) is 27.5 Å². The summed E-state index contributed by atoms with van der Waals surface area (Å²) < 4.78 is 32.0. The molecule has 2 unspecified atom stereocenters. The summed E-state index contributed by atoms with van der Waals surface area (Å²) in [6, 6.07) is 7.12. The van der Waals surface area contributed by atoms with Crippen LogP contribution in [0.5, 0.6) is 0 Å². The van der Waals surface area contributed by atoms with Gasteiger partial charge < -0.3 is 24.7 Å². The van der Waals surface area contributed by atoms with E-state index in [9.17, 15) is 23.3 Å². The Bertz CT molecular complexity index is 1130. The highest BCUT2D eigenvalue weighted by Crippen LogP contribution is 2.37. The number of nitrogens with zero attached hydrogens (tertiary/aromatic N) is 1. The predicted octanol–water partition coefficient (Wildman–Crippen LogP) is 0.683. The zero-order valence-corrected chi connectivity index (χ0v) is 18.1. The van der Waals surface area contributed by atoms with Gasteiger partial charge in [-0.05, 0) is 54.8 Å². The number of fused-ring (bicyclic) bond motifs is 1. The van der Waals surface area contributed by atoms with Crippen molar-refractivity contribution in [1.82, 2.24) is 9.29 Å². The molecule has 11 heteroatoms. The minimum atomic E-state index is -3.61. The van der Waals surface area contributed by atoms with E-state index in [1.165, 1.54) is 6.07 Å². The molecule has 0 spiro atoms. The number of benzene rings is 1. The van der Waals surface area contributed by atoms with Gasteiger partial charge >= 0.3 is 7.12 Å². The first kappa shape index (κ1) is 22.0. The third-order valence-electron chi connectivity index (χ3n) is 5.77. The SMILES string of the molecule is CS(=O)(=O)NC(O)Nc1c(-c2ccn(C3CCB(O)OC3)c(=O)c2)ccc2c1CCC2. The zero-order valence-electron chi connectivity index (χ0n) is 17.2. The minimum absolute atomic E-state index is 0.136. The van der Waals surface area contributed by atoms with Gasteiger partial charge in [0.1, 0.15) is 0 Å². The average molecular weight is 447 g/mol. The average Bonchev–Trinajstić information content (AvgIpc) is 3.17. The molecule has 2 aliphatic rings. The van der Waals surface area contributed by atoms with Crippen LogP contribution in [0, 0.1) is 0 Å². The number of rotatable bonds is 6. The zero-order chi connectivity index (χ0) is 22.2. The van der Waals surface area contributed by atoms with E-state index in [0.29, 0.717) is 24.0 Å². The van der Waals surface area contributed by atoms with Crippen LogP contribution in [0.3, 0.4) is 0 Å². The summed E-state index contributed by atoms with van der Waals surface area (Å²) in [5.41, 5.74) is 3.98. The molecule has 2 heterocycles. The van der Waals surface area contributed by atoms with Gasteiger partial charge in [-0.1, -0.05) is 12.1 Å². The van der Waals surface area contributed by atoms with Gasteiger partial charge in [0.25, 0.3) is 5.56 Å². The molecule has 1 fully saturated rings. The number of hydrogen-bond acceptors (Lipinski definition) is 7. The highest BCUT2D eigenvalue weighted by molar-refractivity contribution is 7.88. The monoisotopic (exact) mass is 447 g/mol. The van der Waals surface area contributed by atoms with Crippen LogP contribution in [0.15, 0.2) is 35.3 Å². The normalized spacial score (nSPS) is 19.8. The molecular formula is C20H26BN3O6S. The largest absolute Gasteiger partial charge is 0.454 e. The summed E-state index contributed by atoms with van der Waals surface area (Å²) in [6.45, 7) is 0.273. The molecule has 9 nitrogen and oxygen atoms in total. The number of nitrogens with one attached hydrogen (secondary N) is 2. The lowest BCUT2D eigenvalue weighted by Crippen LogP contribution is -2.39. The second-order valence-electron chi connectivity index (χ2n) is 8.10. The van der Waals surface area contributed by atoms with E-state index in [1.807, 2.05) is 18.2 Å². The van der Waals surface area contributed by atoms with Gasteiger partial charge in [0, 0.05) is 23.5 Å². The van der Waals surface area contributed by atoms with Crippen LogP contribution >= 0.6 is 0 Å². The van der Waals surface area contributed by atoms with Crippen LogP contribution < -0.4 is 15.6 Å². The summed E-state index contributed by atoms with van der Waals surface area (Å²) >= 11 is 0. The van der Waals surface area contributed by atoms with Crippen molar-refractivity contribution in [2.24, 2.45) is 0 Å². The van der Waals surface area contributed by atoms with Crippen LogP contribution in [-0.4, -0.2) is 49.4 Å². The van der Waals surface area contributed by atoms with Gasteiger partial charge in [0.15, 0.2) is 6.35 Å². The molecular weight excluding hydrogens is 421 g/mol. The van der Waals surface area contributed by atoms with Crippen LogP contribution in [0.4, 0.5) is 5.69 Å². The maximum Gasteiger partial charge on any atom is 0.454 e. The molecule has 2 aromatic rings. The maximum atomic E-state index is 12.8. The highest BCUT2D eigenvalue weighted by Gasteiger charge is 2.26. The Kier molecular flexibility index (Phi) is 6.22. The Balaban J connectivity index is 1.68. The van der Waals surface area contributed by atoms with Gasteiger partial charge in [-0.15, -0.1) is 0 Å². The Morgan fingerprint density at radius 3 is 2.77 bits per heavy atom. The molecule has 1 aromatic carbocycles. The van der Waals surface area contributed by atoms with Crippen molar-refractivity contribution >= 4 is 22.8 Å². The van der Waals surface area contributed by atoms with Gasteiger partial charge in [0.2, 0.25) is 10.0 Å². The third-order valence-corrected chi connectivity index (χ3v) is 6.42. The molecule has 166 valence electrons. The molecule has 0 amide bonds. The van der Waals surface area contributed by atoms with Gasteiger partial charge in [-0.3, -0.25) is 4.79 Å². The van der Waals surface area contributed by atoms with Crippen molar-refractivity contribution in [3.8, 4) is 11.1 Å². The van der Waals surface area contributed by atoms with E-state index in [-0.39, 0.29) is 18.2 Å². The summed E-state index contributed by atoms with van der Waals surface area (Å²) in [4.78, 5) is 12.8. The molecule has 1 aromatic heterocycles. The topological polar surface area (TPSA) is 130 Å². The van der Waals surface area contributed by atoms with Gasteiger partial charge in [-0.25, -0.2) is 8.42 Å². The number of anilines is 1. The number of aliphatic hydroxyl groups is 1. The van der Waals surface area contributed by atoms with Crippen molar-refractivity contribution in [2.45, 2.75) is 44.4 Å². The van der Waals surface area contributed by atoms with Crippen molar-refractivity contribution in [3.05, 3.63) is 51.9 Å². The first-order valence-electron chi connectivity index (χ1n) is 10.3. The van der Waals surface area contributed by atoms with E-state index >= 15 is 0 Å². The molecule has 0 radical (unpaired) electrons. The molecule has 1 aliphatic carbocycles. The van der Waals surface area contributed by atoms with Crippen molar-refractivity contribution < 1.29 is 23.2 Å². The van der Waals surface area contributed by atoms with Crippen LogP contribution in [0.2, 0.25) is 6.32 Å². The first-order chi connectivity index (χ1) is 14.7. The Hall–Kier alpha value is -2.18. The van der Waals surface area contributed by atoms with Gasteiger partial charge in [0.05, 0.1) is 18.9 Å². The smallest absolute Gasteiger partial charge is 0.427 e. The van der Waals surface area contributed by atoms with E-state index in [2.05, 4.69) is 10.0 Å². The van der Waals surface area contributed by atoms with E-state index in [1.54, 1.807) is 10.8 Å². The first-order valence-corrected chi connectivity index (χ1v) is 12.2. The number of hydrogen-bond donors (Lipinski definition) is 4. The Morgan fingerprint density at radius 1 is 1.29 bits per heavy atom. The van der Waals surface area contributed by atoms with Gasteiger partial charge in [-0.2, -0.15) is 4.72 Å². The predicted molar refractivity (Wildman–Crippen MR) is 118 cm³/mol. The van der Waals surface area contributed by atoms with Crippen molar-refractivity contribution in [3.63, 3.8) is 0 Å². The minimum Gasteiger partial charge on any atom is -0.427 e. The molecule has 4 N–H and O–H groups in total. The molecule has 4 rings (SSSR count). The van der Waals surface area contributed by atoms with E-state index in [4.69, 9.17) is 4.65 Å². The highest BCUT2D eigenvalue weighted by atomic mass is 32.2. The number of aliphatic hydroxyl groups excluding tert-OH is 1. The molecule has 31 heavy (non-hydrogen) atoms. The second-order valence-corrected chi connectivity index (χ2v) is 9.88. The lowest BCUT2D eigenvalue weighted by atomic mass is 9.79. The molecule has 1 saturated heterocycles. The molecule has 0 bridgehead atoms. The molecule has 1 aliphatic heterocycles. The number of pyridine rings is 1. The maximum absolute atomic E-state index is 12.8.